The Kier molecular flexibility index (Phi) is 9.25. The van der Waals surface area contributed by atoms with Crippen LogP contribution in [0, 0.1) is 0 Å². The van der Waals surface area contributed by atoms with Crippen LogP contribution in [0.1, 0.15) is 22.3 Å². The van der Waals surface area contributed by atoms with Gasteiger partial charge in [0.1, 0.15) is 0 Å². The second kappa shape index (κ2) is 16.5. The minimum atomic E-state index is -0.446. The molecule has 1 spiro atoms. The summed E-state index contributed by atoms with van der Waals surface area (Å²) < 4.78 is 4.84. The van der Waals surface area contributed by atoms with Crippen LogP contribution >= 0.6 is 0 Å². The summed E-state index contributed by atoms with van der Waals surface area (Å²) in [4.78, 5) is 2.48. The average molecular weight is 966 g/mol. The predicted octanol–water partition coefficient (Wildman–Crippen LogP) is 19.0. The number of hydrogen-bond acceptors (Lipinski definition) is 1. The Hall–Kier alpha value is -9.96. The van der Waals surface area contributed by atoms with Gasteiger partial charge in [0, 0.05) is 49.9 Å². The topological polar surface area (TPSA) is 13.1 Å². The van der Waals surface area contributed by atoms with Crippen LogP contribution in [0.5, 0.6) is 0 Å². The molecule has 0 bridgehead atoms. The summed E-state index contributed by atoms with van der Waals surface area (Å²) in [6.45, 7) is 0. The minimum absolute atomic E-state index is 0.446. The second-order valence-electron chi connectivity index (χ2n) is 20.4. The first-order valence-corrected chi connectivity index (χ1v) is 26.3. The molecule has 0 amide bonds. The Morgan fingerprint density at radius 1 is 0.263 bits per heavy atom. The van der Waals surface area contributed by atoms with E-state index in [0.717, 1.165) is 34.0 Å². The van der Waals surface area contributed by atoms with Crippen molar-refractivity contribution in [1.29, 1.82) is 0 Å². The molecule has 0 aliphatic heterocycles. The van der Waals surface area contributed by atoms with Crippen molar-refractivity contribution in [3.05, 3.63) is 307 Å². The lowest BCUT2D eigenvalue weighted by Gasteiger charge is -2.32. The molecule has 2 aliphatic carbocycles. The van der Waals surface area contributed by atoms with E-state index in [9.17, 15) is 0 Å². The standard InChI is InChI=1S/C73H47N3/c1-3-18-48(19-4-1)49-34-39-53(40-35-49)74(70-33-17-30-66-72(70)61-26-9-14-29-65(61)73(66)63-27-12-7-22-56(63)57-23-8-13-28-64(57)73)54-41-36-50(37-42-54)51-38-45-69-62(46-51)59-25-11-16-32-68(59)76(69)55-43-44-60-58-24-10-15-31-67(58)75(71(60)47-55)52-20-5-2-6-21-52/h1-47H. The van der Waals surface area contributed by atoms with E-state index in [1.807, 2.05) is 0 Å². The molecule has 2 heterocycles. The first kappa shape index (κ1) is 42.5. The molecule has 76 heavy (non-hydrogen) atoms. The van der Waals surface area contributed by atoms with Crippen LogP contribution in [0.25, 0.3) is 99.5 Å². The Bertz CT molecular complexity index is 4570. The molecule has 16 rings (SSSR count). The fraction of sp³-hybridized carbons (Fsp3) is 0.0137. The van der Waals surface area contributed by atoms with Gasteiger partial charge in [-0.2, -0.15) is 0 Å². The van der Waals surface area contributed by atoms with E-state index in [-0.39, 0.29) is 0 Å². The summed E-state index contributed by atoms with van der Waals surface area (Å²) in [5.41, 5.74) is 25.2. The van der Waals surface area contributed by atoms with E-state index >= 15 is 0 Å². The molecule has 2 aromatic heterocycles. The quantitative estimate of drug-likeness (QED) is 0.155. The van der Waals surface area contributed by atoms with Crippen molar-refractivity contribution in [2.75, 3.05) is 4.90 Å². The number of rotatable bonds is 7. The molecule has 2 aliphatic rings. The maximum atomic E-state index is 2.48. The van der Waals surface area contributed by atoms with Gasteiger partial charge in [-0.3, -0.25) is 0 Å². The zero-order valence-electron chi connectivity index (χ0n) is 41.5. The van der Waals surface area contributed by atoms with Crippen molar-refractivity contribution in [3.8, 4) is 55.9 Å². The summed E-state index contributed by atoms with van der Waals surface area (Å²) in [7, 11) is 0. The molecule has 0 atom stereocenters. The SMILES string of the molecule is c1ccc(-c2ccc(N(c3ccc(-c4ccc5c(c4)c4ccccc4n5-c4ccc5c6ccccc6n(-c6ccccc6)c5c4)cc3)c3cccc4c3-c3ccccc3C43c4ccccc4-c4ccccc43)cc2)cc1. The van der Waals surface area contributed by atoms with E-state index in [4.69, 9.17) is 0 Å². The normalized spacial score (nSPS) is 12.8. The first-order valence-electron chi connectivity index (χ1n) is 26.3. The third kappa shape index (κ3) is 6.05. The van der Waals surface area contributed by atoms with E-state index in [1.54, 1.807) is 0 Å². The lowest BCUT2D eigenvalue weighted by Crippen LogP contribution is -2.26. The van der Waals surface area contributed by atoms with Crippen molar-refractivity contribution in [2.45, 2.75) is 5.41 Å². The molecule has 3 nitrogen and oxygen atoms in total. The van der Waals surface area contributed by atoms with E-state index in [0.29, 0.717) is 0 Å². The van der Waals surface area contributed by atoms with Crippen LogP contribution in [-0.4, -0.2) is 9.13 Å². The summed E-state index contributed by atoms with van der Waals surface area (Å²) in [5, 5.41) is 4.95. The van der Waals surface area contributed by atoms with Crippen molar-refractivity contribution in [3.63, 3.8) is 0 Å². The van der Waals surface area contributed by atoms with Gasteiger partial charge in [0.25, 0.3) is 0 Å². The molecule has 3 heteroatoms. The van der Waals surface area contributed by atoms with Gasteiger partial charge in [0.2, 0.25) is 0 Å². The van der Waals surface area contributed by atoms with Crippen LogP contribution in [0.4, 0.5) is 17.1 Å². The van der Waals surface area contributed by atoms with Crippen LogP contribution in [0.15, 0.2) is 285 Å². The van der Waals surface area contributed by atoms with E-state index in [1.165, 1.54) is 105 Å². The average Bonchev–Trinajstić information content (AvgIpc) is 4.41. The lowest BCUT2D eigenvalue weighted by molar-refractivity contribution is 0.794. The lowest BCUT2D eigenvalue weighted by atomic mass is 9.70. The van der Waals surface area contributed by atoms with Gasteiger partial charge in [0.05, 0.1) is 33.2 Å². The number of para-hydroxylation sites is 3. The highest BCUT2D eigenvalue weighted by atomic mass is 15.1. The zero-order chi connectivity index (χ0) is 49.9. The smallest absolute Gasteiger partial charge is 0.0726 e. The van der Waals surface area contributed by atoms with E-state index in [2.05, 4.69) is 299 Å². The summed E-state index contributed by atoms with van der Waals surface area (Å²) in [5.74, 6) is 0. The maximum absolute atomic E-state index is 2.48. The molecule has 0 radical (unpaired) electrons. The molecule has 0 fully saturated rings. The number of benzene rings is 12. The fourth-order valence-electron chi connectivity index (χ4n) is 13.4. The zero-order valence-corrected chi connectivity index (χ0v) is 41.5. The van der Waals surface area contributed by atoms with Crippen molar-refractivity contribution >= 4 is 60.7 Å². The van der Waals surface area contributed by atoms with Crippen molar-refractivity contribution in [1.82, 2.24) is 9.13 Å². The molecule has 0 unspecified atom stereocenters. The van der Waals surface area contributed by atoms with Crippen LogP contribution in [-0.2, 0) is 5.41 Å². The molecule has 0 N–H and O–H groups in total. The summed E-state index contributed by atoms with van der Waals surface area (Å²) in [6.07, 6.45) is 0. The molecular weight excluding hydrogens is 919 g/mol. The molecular formula is C73H47N3. The summed E-state index contributed by atoms with van der Waals surface area (Å²) >= 11 is 0. The number of anilines is 3. The van der Waals surface area contributed by atoms with Gasteiger partial charge in [-0.05, 0) is 140 Å². The molecule has 354 valence electrons. The van der Waals surface area contributed by atoms with Gasteiger partial charge in [-0.15, -0.1) is 0 Å². The van der Waals surface area contributed by atoms with Gasteiger partial charge in [-0.1, -0.05) is 206 Å². The Labute approximate surface area is 441 Å². The van der Waals surface area contributed by atoms with E-state index < -0.39 is 5.41 Å². The van der Waals surface area contributed by atoms with Gasteiger partial charge in [-0.25, -0.2) is 0 Å². The monoisotopic (exact) mass is 965 g/mol. The summed E-state index contributed by atoms with van der Waals surface area (Å²) in [6, 6.07) is 105. The highest BCUT2D eigenvalue weighted by Crippen LogP contribution is 2.64. The second-order valence-corrected chi connectivity index (χ2v) is 20.4. The Morgan fingerprint density at radius 3 is 1.38 bits per heavy atom. The highest BCUT2D eigenvalue weighted by molar-refractivity contribution is 6.13. The minimum Gasteiger partial charge on any atom is -0.310 e. The van der Waals surface area contributed by atoms with Gasteiger partial charge < -0.3 is 14.0 Å². The van der Waals surface area contributed by atoms with Crippen LogP contribution < -0.4 is 4.90 Å². The first-order chi connectivity index (χ1) is 37.7. The van der Waals surface area contributed by atoms with Crippen LogP contribution in [0.3, 0.4) is 0 Å². The van der Waals surface area contributed by atoms with Crippen molar-refractivity contribution in [2.24, 2.45) is 0 Å². The number of hydrogen-bond donors (Lipinski definition) is 0. The number of fused-ring (bicyclic) bond motifs is 16. The maximum Gasteiger partial charge on any atom is 0.0726 e. The molecule has 12 aromatic carbocycles. The Morgan fingerprint density at radius 2 is 0.724 bits per heavy atom. The van der Waals surface area contributed by atoms with Crippen LogP contribution in [0.2, 0.25) is 0 Å². The molecule has 14 aromatic rings. The highest BCUT2D eigenvalue weighted by Gasteiger charge is 2.52. The largest absolute Gasteiger partial charge is 0.310 e. The fourth-order valence-corrected chi connectivity index (χ4v) is 13.4. The third-order valence-corrected chi connectivity index (χ3v) is 16.5. The Balaban J connectivity index is 0.841. The third-order valence-electron chi connectivity index (χ3n) is 16.5. The predicted molar refractivity (Wildman–Crippen MR) is 317 cm³/mol. The van der Waals surface area contributed by atoms with Gasteiger partial charge in [0.15, 0.2) is 0 Å². The van der Waals surface area contributed by atoms with Crippen molar-refractivity contribution < 1.29 is 0 Å². The molecule has 0 saturated heterocycles. The van der Waals surface area contributed by atoms with Gasteiger partial charge >= 0.3 is 0 Å². The number of aromatic nitrogens is 2. The number of nitrogens with zero attached hydrogens (tertiary/aromatic N) is 3. The molecule has 0 saturated carbocycles.